The first kappa shape index (κ1) is 58.4. The average Bonchev–Trinajstić information content (AvgIpc) is 1.55. The molecule has 15 aromatic carbocycles. The van der Waals surface area contributed by atoms with Crippen molar-refractivity contribution < 1.29 is 0 Å². The lowest BCUT2D eigenvalue weighted by molar-refractivity contribution is 1.01. The minimum atomic E-state index is 0.666. The van der Waals surface area contributed by atoms with E-state index in [1.807, 2.05) is 40.9 Å². The molecule has 0 aliphatic rings. The Morgan fingerprint density at radius 3 is 1.15 bits per heavy atom. The van der Waals surface area contributed by atoms with E-state index in [0.717, 1.165) is 94.5 Å². The molecule has 8 nitrogen and oxygen atoms in total. The zero-order valence-electron chi connectivity index (χ0n) is 55.7. The largest absolute Gasteiger partial charge is 0.309 e. The Balaban J connectivity index is 0.000000132. The van der Waals surface area contributed by atoms with Gasteiger partial charge in [0, 0.05) is 128 Å². The molecule has 0 aliphatic heterocycles. The second kappa shape index (κ2) is 23.1. The van der Waals surface area contributed by atoms with Gasteiger partial charge in [-0.25, -0.2) is 19.9 Å². The molecule has 0 bridgehead atoms. The van der Waals surface area contributed by atoms with Crippen molar-refractivity contribution >= 4 is 172 Å². The third kappa shape index (κ3) is 8.89. The SMILES string of the molecule is c1ccc(-c2nc(-c3cccc(-n4c5ccccc5c5cc6c7c8sc9ccccc9c8ccc7n(-c7ccccc7)c6cc54)c3)nc3ccccc23)cc1.c1ccc(-c2nc(-n3c4cc5c(cc4c4c6sc7ccccc7c6ccc43)c3ccccc3n5-c3ccccc3)nc3ccccc23)cc1. The van der Waals surface area contributed by atoms with Crippen molar-refractivity contribution in [3.05, 3.63) is 340 Å². The summed E-state index contributed by atoms with van der Waals surface area (Å²) < 4.78 is 14.8. The van der Waals surface area contributed by atoms with E-state index in [1.54, 1.807) is 0 Å². The molecule has 0 atom stereocenters. The van der Waals surface area contributed by atoms with Crippen LogP contribution in [-0.2, 0) is 0 Å². The molecule has 0 spiro atoms. The summed E-state index contributed by atoms with van der Waals surface area (Å²) in [6.45, 7) is 0. The van der Waals surface area contributed by atoms with E-state index in [4.69, 9.17) is 19.9 Å². The van der Waals surface area contributed by atoms with Gasteiger partial charge in [0.15, 0.2) is 5.82 Å². The summed E-state index contributed by atoms with van der Waals surface area (Å²) in [5.74, 6) is 1.37. The van der Waals surface area contributed by atoms with Crippen molar-refractivity contribution in [3.8, 4) is 56.9 Å². The quantitative estimate of drug-likeness (QED) is 0.159. The fourth-order valence-corrected chi connectivity index (χ4v) is 19.0. The van der Waals surface area contributed by atoms with Gasteiger partial charge in [-0.15, -0.1) is 22.7 Å². The highest BCUT2D eigenvalue weighted by atomic mass is 32.1. The van der Waals surface area contributed by atoms with Crippen LogP contribution in [0, 0.1) is 0 Å². The molecule has 8 heterocycles. The van der Waals surface area contributed by atoms with Crippen molar-refractivity contribution in [3.63, 3.8) is 0 Å². The van der Waals surface area contributed by atoms with E-state index in [9.17, 15) is 0 Å². The van der Waals surface area contributed by atoms with Gasteiger partial charge in [0.1, 0.15) is 0 Å². The second-order valence-corrected chi connectivity index (χ2v) is 28.9. The number of fused-ring (bicyclic) bond motifs is 22. The minimum absolute atomic E-state index is 0.666. The van der Waals surface area contributed by atoms with Gasteiger partial charge < -0.3 is 13.7 Å². The van der Waals surface area contributed by atoms with Gasteiger partial charge in [0.2, 0.25) is 5.95 Å². The first-order chi connectivity index (χ1) is 51.6. The molecule has 0 aliphatic carbocycles. The second-order valence-electron chi connectivity index (χ2n) is 26.8. The predicted octanol–water partition coefficient (Wildman–Crippen LogP) is 25.4. The molecule has 0 fully saturated rings. The molecule has 10 heteroatoms. The van der Waals surface area contributed by atoms with Gasteiger partial charge in [-0.1, -0.05) is 231 Å². The van der Waals surface area contributed by atoms with E-state index in [-0.39, 0.29) is 0 Å². The Morgan fingerprint density at radius 2 is 0.606 bits per heavy atom. The van der Waals surface area contributed by atoms with Gasteiger partial charge in [-0.2, -0.15) is 0 Å². The lowest BCUT2D eigenvalue weighted by atomic mass is 10.1. The molecule has 0 unspecified atom stereocenters. The predicted molar refractivity (Wildman–Crippen MR) is 439 cm³/mol. The van der Waals surface area contributed by atoms with E-state index in [1.165, 1.54) is 100.0 Å². The molecular formula is C94H56N8S2. The van der Waals surface area contributed by atoms with Gasteiger partial charge in [0.25, 0.3) is 0 Å². The number of hydrogen-bond donors (Lipinski definition) is 0. The first-order valence-corrected chi connectivity index (χ1v) is 36.7. The summed E-state index contributed by atoms with van der Waals surface area (Å²) in [5, 5.41) is 17.2. The maximum Gasteiger partial charge on any atom is 0.235 e. The summed E-state index contributed by atoms with van der Waals surface area (Å²) in [5.41, 5.74) is 19.4. The van der Waals surface area contributed by atoms with Crippen LogP contribution >= 0.6 is 22.7 Å². The molecule has 484 valence electrons. The van der Waals surface area contributed by atoms with E-state index in [2.05, 4.69) is 340 Å². The number of thiophene rings is 2. The van der Waals surface area contributed by atoms with Crippen LogP contribution in [0.1, 0.15) is 0 Å². The standard InChI is InChI=1S/C50H30N4S.C44H26N4S/c1-3-14-31(15-4-1)48-38-22-7-10-23-41(38)51-50(52-48)32-16-13-19-34(28-32)54-42-24-11-8-20-35(42)39-29-40-45(30-44(39)54)53(33-17-5-2-6-18-33)43-27-26-37-36-21-9-12-25-46(36)55-49(37)47(40)43;1-3-13-27(14-4-1)42-32-19-7-10-20-35(32)45-44(46-42)48-37-24-23-31-30-18-9-12-22-40(30)49-43(31)41(37)34-25-33-29-17-8-11-21-36(29)47(38(33)26-39(34)48)28-15-5-2-6-16-28/h1-30H;1-26H. The Hall–Kier alpha value is -13.4. The molecule has 23 rings (SSSR count). The normalized spacial score (nSPS) is 12.0. The molecule has 23 aromatic rings. The highest BCUT2D eigenvalue weighted by Gasteiger charge is 2.26. The highest BCUT2D eigenvalue weighted by molar-refractivity contribution is 7.27. The van der Waals surface area contributed by atoms with E-state index in [0.29, 0.717) is 11.8 Å². The van der Waals surface area contributed by atoms with Crippen LogP contribution in [0.3, 0.4) is 0 Å². The third-order valence-corrected chi connectivity index (χ3v) is 23.4. The Labute approximate surface area is 602 Å². The lowest BCUT2D eigenvalue weighted by Crippen LogP contribution is -2.03. The molecule has 8 aromatic heterocycles. The zero-order chi connectivity index (χ0) is 68.1. The molecule has 0 N–H and O–H groups in total. The highest BCUT2D eigenvalue weighted by Crippen LogP contribution is 2.49. The van der Waals surface area contributed by atoms with Crippen molar-refractivity contribution in [2.24, 2.45) is 0 Å². The molecule has 104 heavy (non-hydrogen) atoms. The smallest absolute Gasteiger partial charge is 0.235 e. The average molecular weight is 1360 g/mol. The van der Waals surface area contributed by atoms with E-state index >= 15 is 0 Å². The summed E-state index contributed by atoms with van der Waals surface area (Å²) in [4.78, 5) is 21.0. The maximum absolute atomic E-state index is 5.39. The van der Waals surface area contributed by atoms with Crippen LogP contribution < -0.4 is 0 Å². The summed E-state index contributed by atoms with van der Waals surface area (Å²) >= 11 is 3.76. The van der Waals surface area contributed by atoms with Crippen LogP contribution in [0.25, 0.3) is 206 Å². The maximum atomic E-state index is 5.39. The van der Waals surface area contributed by atoms with Crippen LogP contribution in [0.15, 0.2) is 340 Å². The molecule has 0 saturated carbocycles. The van der Waals surface area contributed by atoms with Crippen molar-refractivity contribution in [2.75, 3.05) is 0 Å². The molecule has 0 amide bonds. The monoisotopic (exact) mass is 1360 g/mol. The van der Waals surface area contributed by atoms with Crippen LogP contribution in [0.2, 0.25) is 0 Å². The van der Waals surface area contributed by atoms with E-state index < -0.39 is 0 Å². The van der Waals surface area contributed by atoms with Crippen molar-refractivity contribution in [1.82, 2.24) is 38.2 Å². The topological polar surface area (TPSA) is 71.3 Å². The molecular weight excluding hydrogens is 1310 g/mol. The molecule has 0 saturated heterocycles. The fourth-order valence-electron chi connectivity index (χ4n) is 16.5. The van der Waals surface area contributed by atoms with Crippen molar-refractivity contribution in [1.29, 1.82) is 0 Å². The van der Waals surface area contributed by atoms with Gasteiger partial charge in [0.05, 0.1) is 66.6 Å². The van der Waals surface area contributed by atoms with Gasteiger partial charge in [-0.3, -0.25) is 4.57 Å². The number of para-hydroxylation sites is 6. The van der Waals surface area contributed by atoms with Crippen LogP contribution in [0.4, 0.5) is 0 Å². The number of hydrogen-bond acceptors (Lipinski definition) is 6. The zero-order valence-corrected chi connectivity index (χ0v) is 57.4. The number of nitrogens with zero attached hydrogens (tertiary/aromatic N) is 8. The Morgan fingerprint density at radius 1 is 0.212 bits per heavy atom. The number of rotatable bonds is 7. The van der Waals surface area contributed by atoms with Gasteiger partial charge in [-0.05, 0) is 109 Å². The Kier molecular flexibility index (Phi) is 13.0. The third-order valence-electron chi connectivity index (χ3n) is 21.0. The Bertz CT molecular complexity index is 7470. The lowest BCUT2D eigenvalue weighted by Gasteiger charge is -2.12. The van der Waals surface area contributed by atoms with Crippen LogP contribution in [-0.4, -0.2) is 38.2 Å². The van der Waals surface area contributed by atoms with Crippen LogP contribution in [0.5, 0.6) is 0 Å². The minimum Gasteiger partial charge on any atom is -0.309 e. The summed E-state index contributed by atoms with van der Waals surface area (Å²) in [6, 6.07) is 121. The number of aromatic nitrogens is 8. The van der Waals surface area contributed by atoms with Gasteiger partial charge >= 0.3 is 0 Å². The first-order valence-electron chi connectivity index (χ1n) is 35.1. The number of benzene rings is 15. The molecule has 0 radical (unpaired) electrons. The summed E-state index contributed by atoms with van der Waals surface area (Å²) in [6.07, 6.45) is 0. The van der Waals surface area contributed by atoms with Crippen molar-refractivity contribution in [2.45, 2.75) is 0 Å². The fraction of sp³-hybridized carbons (Fsp3) is 0. The summed E-state index contributed by atoms with van der Waals surface area (Å²) in [7, 11) is 0.